The molecule has 1 saturated heterocycles. The Labute approximate surface area is 96.9 Å². The van der Waals surface area contributed by atoms with Crippen LogP contribution in [-0.2, 0) is 5.60 Å². The molecule has 0 aromatic heterocycles. The third kappa shape index (κ3) is 1.40. The molecular weight excluding hydrogens is 198 g/mol. The van der Waals surface area contributed by atoms with Crippen LogP contribution in [0.5, 0.6) is 0 Å². The summed E-state index contributed by atoms with van der Waals surface area (Å²) in [7, 11) is 2.16. The second-order valence-electron chi connectivity index (χ2n) is 5.42. The molecule has 1 heterocycles. The second kappa shape index (κ2) is 3.57. The van der Waals surface area contributed by atoms with Gasteiger partial charge in [-0.25, -0.2) is 0 Å². The first-order valence-electron chi connectivity index (χ1n) is 6.16. The summed E-state index contributed by atoms with van der Waals surface area (Å²) in [5.74, 6) is 1.12. The van der Waals surface area contributed by atoms with E-state index in [-0.39, 0.29) is 0 Å². The zero-order valence-electron chi connectivity index (χ0n) is 9.76. The summed E-state index contributed by atoms with van der Waals surface area (Å²) < 4.78 is 0. The van der Waals surface area contributed by atoms with Gasteiger partial charge in [0.05, 0.1) is 5.60 Å². The maximum atomic E-state index is 10.9. The van der Waals surface area contributed by atoms with Gasteiger partial charge >= 0.3 is 0 Å². The highest BCUT2D eigenvalue weighted by molar-refractivity contribution is 5.26. The number of nitrogens with zero attached hydrogens (tertiary/aromatic N) is 1. The van der Waals surface area contributed by atoms with Crippen molar-refractivity contribution in [1.82, 2.24) is 4.90 Å². The van der Waals surface area contributed by atoms with Crippen molar-refractivity contribution in [2.75, 3.05) is 20.1 Å². The van der Waals surface area contributed by atoms with E-state index in [1.54, 1.807) is 0 Å². The number of hydrogen-bond donors (Lipinski definition) is 1. The van der Waals surface area contributed by atoms with Crippen LogP contribution in [0.3, 0.4) is 0 Å². The maximum absolute atomic E-state index is 10.9. The van der Waals surface area contributed by atoms with Crippen LogP contribution < -0.4 is 0 Å². The number of rotatable bonds is 1. The molecule has 1 aromatic rings. The summed E-state index contributed by atoms with van der Waals surface area (Å²) in [5, 5.41) is 10.9. The molecule has 1 aliphatic heterocycles. The van der Waals surface area contributed by atoms with Crippen molar-refractivity contribution < 1.29 is 5.11 Å². The number of hydrogen-bond acceptors (Lipinski definition) is 2. The third-order valence-corrected chi connectivity index (χ3v) is 4.41. The van der Waals surface area contributed by atoms with E-state index >= 15 is 0 Å². The molecule has 1 saturated carbocycles. The molecule has 1 aliphatic carbocycles. The van der Waals surface area contributed by atoms with Crippen molar-refractivity contribution in [3.63, 3.8) is 0 Å². The fourth-order valence-corrected chi connectivity index (χ4v) is 3.60. The zero-order chi connectivity index (χ0) is 11.2. The summed E-state index contributed by atoms with van der Waals surface area (Å²) in [4.78, 5) is 2.35. The van der Waals surface area contributed by atoms with Gasteiger partial charge in [0.1, 0.15) is 0 Å². The first-order chi connectivity index (χ1) is 7.70. The van der Waals surface area contributed by atoms with E-state index in [0.717, 1.165) is 25.1 Å². The summed E-state index contributed by atoms with van der Waals surface area (Å²) in [6.45, 7) is 2.19. The van der Waals surface area contributed by atoms with Crippen LogP contribution in [0.1, 0.15) is 18.4 Å². The Kier molecular flexibility index (Phi) is 2.30. The molecule has 0 bridgehead atoms. The molecule has 0 radical (unpaired) electrons. The van der Waals surface area contributed by atoms with Crippen LogP contribution in [0.25, 0.3) is 0 Å². The lowest BCUT2D eigenvalue weighted by Gasteiger charge is -2.30. The van der Waals surface area contributed by atoms with Crippen molar-refractivity contribution in [2.24, 2.45) is 11.8 Å². The molecule has 2 unspecified atom stereocenters. The Balaban J connectivity index is 1.94. The van der Waals surface area contributed by atoms with E-state index < -0.39 is 5.60 Å². The average Bonchev–Trinajstić information content (AvgIpc) is 2.81. The molecule has 0 amide bonds. The van der Waals surface area contributed by atoms with Crippen LogP contribution in [-0.4, -0.2) is 30.1 Å². The van der Waals surface area contributed by atoms with Gasteiger partial charge in [-0.1, -0.05) is 30.3 Å². The quantitative estimate of drug-likeness (QED) is 0.776. The molecule has 2 aliphatic rings. The van der Waals surface area contributed by atoms with Gasteiger partial charge in [-0.05, 0) is 31.4 Å². The predicted octanol–water partition coefficient (Wildman–Crippen LogP) is 1.85. The molecule has 16 heavy (non-hydrogen) atoms. The van der Waals surface area contributed by atoms with Gasteiger partial charge in [0.25, 0.3) is 0 Å². The van der Waals surface area contributed by atoms with Crippen molar-refractivity contribution in [1.29, 1.82) is 0 Å². The van der Waals surface area contributed by atoms with Gasteiger partial charge in [-0.2, -0.15) is 0 Å². The van der Waals surface area contributed by atoms with E-state index in [2.05, 4.69) is 24.1 Å². The first-order valence-corrected chi connectivity index (χ1v) is 6.16. The molecule has 0 spiro atoms. The Morgan fingerprint density at radius 2 is 2.00 bits per heavy atom. The smallest absolute Gasteiger partial charge is 0.0940 e. The number of likely N-dealkylation sites (tertiary alicyclic amines) is 1. The van der Waals surface area contributed by atoms with Crippen LogP contribution in [0.2, 0.25) is 0 Å². The first kappa shape index (κ1) is 10.3. The van der Waals surface area contributed by atoms with Gasteiger partial charge in [0.2, 0.25) is 0 Å². The predicted molar refractivity (Wildman–Crippen MR) is 64.0 cm³/mol. The number of benzene rings is 1. The SMILES string of the molecule is CN1CC2CC[C@@](O)(c3ccccc3)C2C1. The monoisotopic (exact) mass is 217 g/mol. The molecular formula is C14H19NO. The summed E-state index contributed by atoms with van der Waals surface area (Å²) in [5.41, 5.74) is 0.536. The number of aliphatic hydroxyl groups is 1. The molecule has 2 nitrogen and oxygen atoms in total. The summed E-state index contributed by atoms with van der Waals surface area (Å²) in [6, 6.07) is 10.2. The van der Waals surface area contributed by atoms with E-state index in [1.807, 2.05) is 18.2 Å². The van der Waals surface area contributed by atoms with E-state index in [1.165, 1.54) is 6.42 Å². The minimum absolute atomic E-state index is 0.430. The molecule has 86 valence electrons. The normalized spacial score (nSPS) is 38.9. The van der Waals surface area contributed by atoms with Crippen molar-refractivity contribution >= 4 is 0 Å². The minimum Gasteiger partial charge on any atom is -0.385 e. The lowest BCUT2D eigenvalue weighted by Crippen LogP contribution is -2.34. The topological polar surface area (TPSA) is 23.5 Å². The van der Waals surface area contributed by atoms with Gasteiger partial charge < -0.3 is 10.0 Å². The lowest BCUT2D eigenvalue weighted by atomic mass is 9.82. The third-order valence-electron chi connectivity index (χ3n) is 4.41. The lowest BCUT2D eigenvalue weighted by molar-refractivity contribution is -0.00560. The van der Waals surface area contributed by atoms with Gasteiger partial charge in [-0.3, -0.25) is 0 Å². The maximum Gasteiger partial charge on any atom is 0.0940 e. The minimum atomic E-state index is -0.573. The Bertz CT molecular complexity index is 378. The van der Waals surface area contributed by atoms with E-state index in [9.17, 15) is 5.11 Å². The zero-order valence-corrected chi connectivity index (χ0v) is 9.76. The fraction of sp³-hybridized carbons (Fsp3) is 0.571. The standard InChI is InChI=1S/C14H19NO/c1-15-9-11-7-8-14(16,13(11)10-15)12-5-3-2-4-6-12/h2-6,11,13,16H,7-10H2,1H3/t11?,13?,14-/m1/s1. The molecule has 2 heteroatoms. The highest BCUT2D eigenvalue weighted by atomic mass is 16.3. The average molecular weight is 217 g/mol. The Hall–Kier alpha value is -0.860. The number of fused-ring (bicyclic) bond motifs is 1. The van der Waals surface area contributed by atoms with Crippen LogP contribution >= 0.6 is 0 Å². The van der Waals surface area contributed by atoms with Crippen molar-refractivity contribution in [3.05, 3.63) is 35.9 Å². The molecule has 1 N–H and O–H groups in total. The van der Waals surface area contributed by atoms with Gasteiger partial charge in [0, 0.05) is 19.0 Å². The van der Waals surface area contributed by atoms with Crippen LogP contribution in [0, 0.1) is 11.8 Å². The van der Waals surface area contributed by atoms with E-state index in [4.69, 9.17) is 0 Å². The summed E-state index contributed by atoms with van der Waals surface area (Å²) >= 11 is 0. The molecule has 1 aromatic carbocycles. The summed E-state index contributed by atoms with van der Waals surface area (Å²) in [6.07, 6.45) is 2.10. The van der Waals surface area contributed by atoms with Crippen molar-refractivity contribution in [2.45, 2.75) is 18.4 Å². The van der Waals surface area contributed by atoms with Gasteiger partial charge in [0.15, 0.2) is 0 Å². The van der Waals surface area contributed by atoms with Crippen LogP contribution in [0.4, 0.5) is 0 Å². The highest BCUT2D eigenvalue weighted by Crippen LogP contribution is 2.49. The van der Waals surface area contributed by atoms with E-state index in [0.29, 0.717) is 11.8 Å². The second-order valence-corrected chi connectivity index (χ2v) is 5.42. The Morgan fingerprint density at radius 1 is 1.25 bits per heavy atom. The highest BCUT2D eigenvalue weighted by Gasteiger charge is 2.51. The fourth-order valence-electron chi connectivity index (χ4n) is 3.60. The van der Waals surface area contributed by atoms with Crippen molar-refractivity contribution in [3.8, 4) is 0 Å². The Morgan fingerprint density at radius 3 is 2.75 bits per heavy atom. The van der Waals surface area contributed by atoms with Crippen LogP contribution in [0.15, 0.2) is 30.3 Å². The van der Waals surface area contributed by atoms with Gasteiger partial charge in [-0.15, -0.1) is 0 Å². The largest absolute Gasteiger partial charge is 0.385 e. The molecule has 2 fully saturated rings. The molecule has 3 rings (SSSR count). The molecule has 3 atom stereocenters.